The zero-order chi connectivity index (χ0) is 10.3. The van der Waals surface area contributed by atoms with Gasteiger partial charge in [0.25, 0.3) is 0 Å². The van der Waals surface area contributed by atoms with Crippen molar-refractivity contribution in [2.75, 3.05) is 0 Å². The third-order valence-electron chi connectivity index (χ3n) is 2.35. The molecule has 74 valence electrons. The topological polar surface area (TPSA) is 17.8 Å². The Morgan fingerprint density at radius 3 is 2.07 bits per heavy atom. The summed E-state index contributed by atoms with van der Waals surface area (Å²) in [5, 5.41) is 2.38. The highest BCUT2D eigenvalue weighted by molar-refractivity contribution is 7.14. The van der Waals surface area contributed by atoms with Crippen LogP contribution in [0.1, 0.15) is 22.1 Å². The highest BCUT2D eigenvalue weighted by atomic mass is 32.1. The smallest absolute Gasteiger partial charge is 0.123 e. The van der Waals surface area contributed by atoms with Crippen molar-refractivity contribution in [2.45, 2.75) is 27.7 Å². The van der Waals surface area contributed by atoms with Gasteiger partial charge in [0.1, 0.15) is 5.00 Å². The molecule has 0 saturated carbocycles. The summed E-state index contributed by atoms with van der Waals surface area (Å²) in [4.78, 5) is 4.45. The van der Waals surface area contributed by atoms with Gasteiger partial charge in [0.05, 0.1) is 10.7 Å². The van der Waals surface area contributed by atoms with Gasteiger partial charge >= 0.3 is 0 Å². The van der Waals surface area contributed by atoms with E-state index in [1.54, 1.807) is 11.3 Å². The lowest BCUT2D eigenvalue weighted by Crippen LogP contribution is -1.97. The Bertz CT molecular complexity index is 446. The molecule has 0 unspecified atom stereocenters. The molecular weight excluding hydrogens is 192 g/mol. The number of aromatic nitrogens is 2. The van der Waals surface area contributed by atoms with Crippen molar-refractivity contribution < 1.29 is 0 Å². The summed E-state index contributed by atoms with van der Waals surface area (Å²) in [7, 11) is 0. The molecule has 0 amide bonds. The average molecular weight is 206 g/mol. The molecule has 2 aromatic heterocycles. The van der Waals surface area contributed by atoms with Gasteiger partial charge in [-0.3, -0.25) is 0 Å². The van der Waals surface area contributed by atoms with Crippen molar-refractivity contribution >= 4 is 11.3 Å². The van der Waals surface area contributed by atoms with Gasteiger partial charge in [-0.15, -0.1) is 11.3 Å². The van der Waals surface area contributed by atoms with Crippen molar-refractivity contribution in [3.05, 3.63) is 34.2 Å². The van der Waals surface area contributed by atoms with E-state index in [4.69, 9.17) is 0 Å². The molecule has 3 heteroatoms. The summed E-state index contributed by atoms with van der Waals surface area (Å²) >= 11 is 1.75. The first-order valence-corrected chi connectivity index (χ1v) is 5.50. The average Bonchev–Trinajstić information content (AvgIpc) is 2.57. The van der Waals surface area contributed by atoms with Crippen LogP contribution in [0.2, 0.25) is 0 Å². The maximum absolute atomic E-state index is 4.45. The van der Waals surface area contributed by atoms with E-state index in [0.717, 1.165) is 10.7 Å². The molecule has 0 spiro atoms. The first kappa shape index (κ1) is 9.46. The lowest BCUT2D eigenvalue weighted by Gasteiger charge is -2.06. The Labute approximate surface area is 88.2 Å². The third-order valence-corrected chi connectivity index (χ3v) is 3.41. The maximum atomic E-state index is 4.45. The minimum atomic E-state index is 1.12. The Balaban J connectivity index is 2.65. The van der Waals surface area contributed by atoms with E-state index in [1.807, 2.05) is 0 Å². The summed E-state index contributed by atoms with van der Waals surface area (Å²) in [5.74, 6) is 0. The zero-order valence-electron chi connectivity index (χ0n) is 8.96. The van der Waals surface area contributed by atoms with Crippen LogP contribution in [0, 0.1) is 27.7 Å². The third kappa shape index (κ3) is 1.38. The van der Waals surface area contributed by atoms with Gasteiger partial charge in [0, 0.05) is 11.4 Å². The summed E-state index contributed by atoms with van der Waals surface area (Å²) in [6.07, 6.45) is 0. The Morgan fingerprint density at radius 2 is 1.64 bits per heavy atom. The summed E-state index contributed by atoms with van der Waals surface area (Å²) in [5.41, 5.74) is 3.67. The van der Waals surface area contributed by atoms with Crippen LogP contribution in [0.15, 0.2) is 12.1 Å². The van der Waals surface area contributed by atoms with E-state index in [1.165, 1.54) is 16.4 Å². The van der Waals surface area contributed by atoms with Crippen LogP contribution in [0.3, 0.4) is 0 Å². The molecular formula is C11H14N2S. The van der Waals surface area contributed by atoms with Gasteiger partial charge in [-0.25, -0.2) is 4.98 Å². The highest BCUT2D eigenvalue weighted by Gasteiger charge is 2.10. The van der Waals surface area contributed by atoms with E-state index in [-0.39, 0.29) is 0 Å². The normalized spacial score (nSPS) is 10.9. The van der Waals surface area contributed by atoms with E-state index < -0.39 is 0 Å². The van der Waals surface area contributed by atoms with Gasteiger partial charge in [0.15, 0.2) is 0 Å². The van der Waals surface area contributed by atoms with Crippen LogP contribution in [0.25, 0.3) is 5.00 Å². The monoisotopic (exact) mass is 206 g/mol. The SMILES string of the molecule is Cc1nc(C)c(-n2c(C)ccc2C)s1. The van der Waals surface area contributed by atoms with Crippen LogP contribution in [-0.2, 0) is 0 Å². The molecule has 0 fully saturated rings. The van der Waals surface area contributed by atoms with Gasteiger partial charge in [-0.2, -0.15) is 0 Å². The molecule has 2 nitrogen and oxygen atoms in total. The van der Waals surface area contributed by atoms with Gasteiger partial charge < -0.3 is 4.57 Å². The quantitative estimate of drug-likeness (QED) is 0.700. The predicted octanol–water partition coefficient (Wildman–Crippen LogP) is 3.17. The van der Waals surface area contributed by atoms with Crippen molar-refractivity contribution in [2.24, 2.45) is 0 Å². The number of rotatable bonds is 1. The second kappa shape index (κ2) is 3.24. The number of aryl methyl sites for hydroxylation is 4. The summed E-state index contributed by atoms with van der Waals surface area (Å²) < 4.78 is 2.26. The minimum absolute atomic E-state index is 1.12. The Morgan fingerprint density at radius 1 is 1.07 bits per heavy atom. The lowest BCUT2D eigenvalue weighted by molar-refractivity contribution is 0.966. The Kier molecular flexibility index (Phi) is 2.19. The standard InChI is InChI=1S/C11H14N2S/c1-7-5-6-8(2)13(7)11-9(3)12-10(4)14-11/h5-6H,1-4H3. The molecule has 2 aromatic rings. The van der Waals surface area contributed by atoms with Crippen LogP contribution in [0.4, 0.5) is 0 Å². The zero-order valence-corrected chi connectivity index (χ0v) is 9.77. The second-order valence-electron chi connectivity index (χ2n) is 3.57. The number of nitrogens with zero attached hydrogens (tertiary/aromatic N) is 2. The maximum Gasteiger partial charge on any atom is 0.123 e. The van der Waals surface area contributed by atoms with Gasteiger partial charge in [-0.05, 0) is 39.8 Å². The van der Waals surface area contributed by atoms with Crippen LogP contribution in [-0.4, -0.2) is 9.55 Å². The molecule has 0 saturated heterocycles. The largest absolute Gasteiger partial charge is 0.309 e. The van der Waals surface area contributed by atoms with Crippen molar-refractivity contribution in [3.63, 3.8) is 0 Å². The number of hydrogen-bond acceptors (Lipinski definition) is 2. The minimum Gasteiger partial charge on any atom is -0.309 e. The molecule has 14 heavy (non-hydrogen) atoms. The lowest BCUT2D eigenvalue weighted by atomic mass is 10.4. The van der Waals surface area contributed by atoms with Crippen molar-refractivity contribution in [1.82, 2.24) is 9.55 Å². The molecule has 0 aliphatic heterocycles. The molecule has 0 N–H and O–H groups in total. The molecule has 0 atom stereocenters. The molecule has 0 aliphatic carbocycles. The highest BCUT2D eigenvalue weighted by Crippen LogP contribution is 2.25. The number of hydrogen-bond donors (Lipinski definition) is 0. The fraction of sp³-hybridized carbons (Fsp3) is 0.364. The fourth-order valence-electron chi connectivity index (χ4n) is 1.72. The number of thiazole rings is 1. The van der Waals surface area contributed by atoms with Crippen LogP contribution >= 0.6 is 11.3 Å². The first-order valence-electron chi connectivity index (χ1n) is 4.69. The van der Waals surface area contributed by atoms with E-state index in [0.29, 0.717) is 0 Å². The molecule has 0 aromatic carbocycles. The van der Waals surface area contributed by atoms with E-state index in [9.17, 15) is 0 Å². The van der Waals surface area contributed by atoms with Crippen LogP contribution < -0.4 is 0 Å². The molecule has 2 rings (SSSR count). The first-order chi connectivity index (χ1) is 6.59. The molecule has 0 bridgehead atoms. The summed E-state index contributed by atoms with van der Waals surface area (Å²) in [6, 6.07) is 4.29. The van der Waals surface area contributed by atoms with E-state index >= 15 is 0 Å². The Hall–Kier alpha value is -1.09. The van der Waals surface area contributed by atoms with Gasteiger partial charge in [0.2, 0.25) is 0 Å². The molecule has 2 heterocycles. The fourth-order valence-corrected chi connectivity index (χ4v) is 2.75. The second-order valence-corrected chi connectivity index (χ2v) is 4.76. The van der Waals surface area contributed by atoms with Crippen molar-refractivity contribution in [1.29, 1.82) is 0 Å². The van der Waals surface area contributed by atoms with Crippen LogP contribution in [0.5, 0.6) is 0 Å². The van der Waals surface area contributed by atoms with E-state index in [2.05, 4.69) is 49.4 Å². The summed E-state index contributed by atoms with van der Waals surface area (Å²) in [6.45, 7) is 8.37. The molecule has 0 aliphatic rings. The van der Waals surface area contributed by atoms with Gasteiger partial charge in [-0.1, -0.05) is 0 Å². The molecule has 0 radical (unpaired) electrons. The predicted molar refractivity (Wildman–Crippen MR) is 60.4 cm³/mol. The van der Waals surface area contributed by atoms with Crippen molar-refractivity contribution in [3.8, 4) is 5.00 Å².